The van der Waals surface area contributed by atoms with Crippen molar-refractivity contribution in [2.75, 3.05) is 13.2 Å². The number of rotatable bonds is 4. The summed E-state index contributed by atoms with van der Waals surface area (Å²) in [7, 11) is 0. The topological polar surface area (TPSA) is 87.9 Å². The van der Waals surface area contributed by atoms with E-state index >= 15 is 0 Å². The van der Waals surface area contributed by atoms with Crippen molar-refractivity contribution < 1.29 is 37.0 Å². The lowest BCUT2D eigenvalue weighted by Gasteiger charge is -2.31. The molecule has 1 heterocycles. The fourth-order valence-corrected chi connectivity index (χ4v) is 3.00. The van der Waals surface area contributed by atoms with Gasteiger partial charge in [-0.1, -0.05) is 26.0 Å². The zero-order valence-corrected chi connectivity index (χ0v) is 16.6. The maximum absolute atomic E-state index is 12.8. The molecule has 1 fully saturated rings. The highest BCUT2D eigenvalue weighted by atomic mass is 19.4. The number of hydrogen-bond donors (Lipinski definition) is 1. The number of alkyl halides is 3. The van der Waals surface area contributed by atoms with Gasteiger partial charge in [-0.15, -0.1) is 0 Å². The molecule has 162 valence electrons. The van der Waals surface area contributed by atoms with Gasteiger partial charge < -0.3 is 19.9 Å². The number of cyclic esters (lactones) is 1. The largest absolute Gasteiger partial charge is 0.458 e. The third-order valence-corrected chi connectivity index (χ3v) is 4.66. The monoisotopic (exact) mass is 417 g/mol. The highest BCUT2D eigenvalue weighted by molar-refractivity contribution is 5.76. The Kier molecular flexibility index (Phi) is 7.65. The van der Waals surface area contributed by atoms with E-state index in [-0.39, 0.29) is 19.6 Å². The molecule has 1 aliphatic heterocycles. The van der Waals surface area contributed by atoms with Gasteiger partial charge in [0.2, 0.25) is 0 Å². The minimum atomic E-state index is -4.42. The van der Waals surface area contributed by atoms with Crippen molar-refractivity contribution >= 4 is 11.9 Å². The Morgan fingerprint density at radius 3 is 2.41 bits per heavy atom. The molecule has 0 aromatic heterocycles. The number of benzene rings is 1. The van der Waals surface area contributed by atoms with Crippen molar-refractivity contribution in [3.05, 3.63) is 35.4 Å². The van der Waals surface area contributed by atoms with Crippen LogP contribution in [-0.4, -0.2) is 43.4 Å². The molecule has 0 bridgehead atoms. The second-order valence-electron chi connectivity index (χ2n) is 7.50. The van der Waals surface area contributed by atoms with Crippen molar-refractivity contribution in [2.24, 2.45) is 17.6 Å². The lowest BCUT2D eigenvalue weighted by molar-refractivity contribution is -0.173. The van der Waals surface area contributed by atoms with Gasteiger partial charge in [-0.25, -0.2) is 0 Å². The summed E-state index contributed by atoms with van der Waals surface area (Å²) in [6, 6.07) is 3.78. The first-order valence-corrected chi connectivity index (χ1v) is 9.39. The van der Waals surface area contributed by atoms with E-state index in [0.29, 0.717) is 5.56 Å². The number of hydrogen-bond acceptors (Lipinski definition) is 6. The van der Waals surface area contributed by atoms with Crippen LogP contribution in [0.5, 0.6) is 0 Å². The van der Waals surface area contributed by atoms with Crippen molar-refractivity contribution in [1.29, 1.82) is 0 Å². The summed E-state index contributed by atoms with van der Waals surface area (Å²) in [6.07, 6.45) is -5.78. The molecule has 2 N–H and O–H groups in total. The van der Waals surface area contributed by atoms with Crippen LogP contribution >= 0.6 is 0 Å². The van der Waals surface area contributed by atoms with Crippen molar-refractivity contribution in [3.63, 3.8) is 0 Å². The number of halogens is 3. The molecular formula is C20H26F3NO5. The fraction of sp³-hybridized carbons (Fsp3) is 0.600. The molecule has 0 aliphatic carbocycles. The maximum atomic E-state index is 12.8. The normalized spacial score (nSPS) is 26.3. The SMILES string of the molecule is CC(C)C(=O)OC1C(Cc2ccc(C(F)(F)F)cc2)COCC(N)C(=O)OC1C. The molecule has 4 unspecified atom stereocenters. The van der Waals surface area contributed by atoms with Crippen molar-refractivity contribution in [2.45, 2.75) is 51.6 Å². The van der Waals surface area contributed by atoms with Crippen LogP contribution in [0.15, 0.2) is 24.3 Å². The third kappa shape index (κ3) is 6.43. The maximum Gasteiger partial charge on any atom is 0.416 e. The van der Waals surface area contributed by atoms with Crippen molar-refractivity contribution in [1.82, 2.24) is 0 Å². The first-order valence-electron chi connectivity index (χ1n) is 9.39. The number of carbonyl (C=O) groups excluding carboxylic acids is 2. The van der Waals surface area contributed by atoms with Gasteiger partial charge in [0, 0.05) is 5.92 Å². The number of esters is 2. The standard InChI is InChI=1S/C20H26F3NO5/c1-11(2)18(25)29-17-12(3)28-19(26)16(24)10-27-9-14(17)8-13-4-6-15(7-5-13)20(21,22)23/h4-7,11-12,14,16-17H,8-10,24H2,1-3H3. The van der Waals surface area contributed by atoms with Crippen LogP contribution in [0.2, 0.25) is 0 Å². The summed E-state index contributed by atoms with van der Waals surface area (Å²) in [5.74, 6) is -1.99. The van der Waals surface area contributed by atoms with Gasteiger partial charge in [0.05, 0.1) is 24.7 Å². The Balaban J connectivity index is 2.26. The van der Waals surface area contributed by atoms with Crippen LogP contribution in [-0.2, 0) is 36.4 Å². The number of ether oxygens (including phenoxy) is 3. The average molecular weight is 417 g/mol. The van der Waals surface area contributed by atoms with E-state index in [2.05, 4.69) is 0 Å². The first-order chi connectivity index (χ1) is 13.5. The molecule has 1 aromatic carbocycles. The van der Waals surface area contributed by atoms with E-state index in [9.17, 15) is 22.8 Å². The molecule has 6 nitrogen and oxygen atoms in total. The molecule has 1 aromatic rings. The molecule has 0 saturated carbocycles. The Bertz CT molecular complexity index is 705. The molecule has 9 heteroatoms. The second-order valence-corrected chi connectivity index (χ2v) is 7.50. The predicted octanol–water partition coefficient (Wildman–Crippen LogP) is 2.72. The summed E-state index contributed by atoms with van der Waals surface area (Å²) < 4.78 is 54.8. The van der Waals surface area contributed by atoms with Crippen LogP contribution in [0.1, 0.15) is 31.9 Å². The summed E-state index contributed by atoms with van der Waals surface area (Å²) in [5, 5.41) is 0. The van der Waals surface area contributed by atoms with E-state index < -0.39 is 53.8 Å². The Labute approximate surface area is 167 Å². The minimum absolute atomic E-state index is 0.0695. The van der Waals surface area contributed by atoms with Crippen LogP contribution in [0.3, 0.4) is 0 Å². The molecule has 29 heavy (non-hydrogen) atoms. The molecule has 2 rings (SSSR count). The van der Waals surface area contributed by atoms with E-state index in [1.807, 2.05) is 0 Å². The van der Waals surface area contributed by atoms with Crippen LogP contribution in [0, 0.1) is 11.8 Å². The summed E-state index contributed by atoms with van der Waals surface area (Å²) in [5.41, 5.74) is 5.58. The molecule has 4 atom stereocenters. The second kappa shape index (κ2) is 9.58. The highest BCUT2D eigenvalue weighted by Crippen LogP contribution is 2.30. The Morgan fingerprint density at radius 2 is 1.86 bits per heavy atom. The van der Waals surface area contributed by atoms with Crippen molar-refractivity contribution in [3.8, 4) is 0 Å². The summed E-state index contributed by atoms with van der Waals surface area (Å²) in [4.78, 5) is 24.2. The lowest BCUT2D eigenvalue weighted by Crippen LogP contribution is -2.43. The van der Waals surface area contributed by atoms with Crippen LogP contribution < -0.4 is 5.73 Å². The van der Waals surface area contributed by atoms with Crippen LogP contribution in [0.25, 0.3) is 0 Å². The van der Waals surface area contributed by atoms with E-state index in [1.54, 1.807) is 20.8 Å². The van der Waals surface area contributed by atoms with Gasteiger partial charge in [0.15, 0.2) is 0 Å². The summed E-state index contributed by atoms with van der Waals surface area (Å²) >= 11 is 0. The molecule has 0 amide bonds. The number of nitrogens with two attached hydrogens (primary N) is 1. The predicted molar refractivity (Wildman–Crippen MR) is 97.7 cm³/mol. The molecule has 1 saturated heterocycles. The van der Waals surface area contributed by atoms with E-state index in [0.717, 1.165) is 12.1 Å². The number of carbonyl (C=O) groups is 2. The minimum Gasteiger partial charge on any atom is -0.458 e. The smallest absolute Gasteiger partial charge is 0.416 e. The average Bonchev–Trinajstić information content (AvgIpc) is 2.67. The van der Waals surface area contributed by atoms with Gasteiger partial charge in [-0.3, -0.25) is 9.59 Å². The molecule has 0 radical (unpaired) electrons. The fourth-order valence-electron chi connectivity index (χ4n) is 3.00. The van der Waals surface area contributed by atoms with Gasteiger partial charge >= 0.3 is 18.1 Å². The highest BCUT2D eigenvalue weighted by Gasteiger charge is 2.36. The van der Waals surface area contributed by atoms with Gasteiger partial charge in [-0.2, -0.15) is 13.2 Å². The van der Waals surface area contributed by atoms with E-state index in [4.69, 9.17) is 19.9 Å². The van der Waals surface area contributed by atoms with Gasteiger partial charge in [-0.05, 0) is 31.0 Å². The zero-order chi connectivity index (χ0) is 21.8. The first kappa shape index (κ1) is 23.2. The Morgan fingerprint density at radius 1 is 1.24 bits per heavy atom. The molecule has 0 spiro atoms. The lowest BCUT2D eigenvalue weighted by atomic mass is 9.91. The zero-order valence-electron chi connectivity index (χ0n) is 16.6. The Hall–Kier alpha value is -2.13. The van der Waals surface area contributed by atoms with Gasteiger partial charge in [0.25, 0.3) is 0 Å². The quantitative estimate of drug-likeness (QED) is 0.758. The third-order valence-electron chi connectivity index (χ3n) is 4.66. The van der Waals surface area contributed by atoms with Crippen LogP contribution in [0.4, 0.5) is 13.2 Å². The summed E-state index contributed by atoms with van der Waals surface area (Å²) in [6.45, 7) is 4.97. The molecular weight excluding hydrogens is 391 g/mol. The molecule has 1 aliphatic rings. The van der Waals surface area contributed by atoms with E-state index in [1.165, 1.54) is 12.1 Å². The van der Waals surface area contributed by atoms with Gasteiger partial charge in [0.1, 0.15) is 18.2 Å².